The fourth-order valence-corrected chi connectivity index (χ4v) is 12.6. The van der Waals surface area contributed by atoms with Crippen LogP contribution in [0.25, 0.3) is 0 Å². The maximum atomic E-state index is 7.12. The summed E-state index contributed by atoms with van der Waals surface area (Å²) in [6.07, 6.45) is 17.9. The van der Waals surface area contributed by atoms with E-state index >= 15 is 0 Å². The number of hydrogen-bond acceptors (Lipinski definition) is 3. The number of rotatable bonds is 10. The van der Waals surface area contributed by atoms with Gasteiger partial charge in [0, 0.05) is 6.42 Å². The molecule has 0 unspecified atom stereocenters. The van der Waals surface area contributed by atoms with Crippen LogP contribution in [-0.4, -0.2) is 42.8 Å². The molecule has 3 aliphatic rings. The normalized spacial score (nSPS) is 29.6. The molecule has 0 spiro atoms. The first-order chi connectivity index (χ1) is 22.8. The van der Waals surface area contributed by atoms with E-state index in [9.17, 15) is 0 Å². The Morgan fingerprint density at radius 3 is 1.90 bits per heavy atom. The molecule has 0 heterocycles. The monoisotopic (exact) mass is 755 g/mol. The minimum Gasteiger partial charge on any atom is -0.413 e. The Morgan fingerprint density at radius 1 is 0.804 bits per heavy atom. The molecule has 3 fully saturated rings. The third-order valence-electron chi connectivity index (χ3n) is 14.5. The van der Waals surface area contributed by atoms with Gasteiger partial charge in [-0.25, -0.2) is 0 Å². The smallest absolute Gasteiger partial charge is 0.193 e. The summed E-state index contributed by atoms with van der Waals surface area (Å²) in [4.78, 5) is 0. The summed E-state index contributed by atoms with van der Waals surface area (Å²) in [5.41, 5.74) is 7.80. The van der Waals surface area contributed by atoms with Gasteiger partial charge >= 0.3 is 0 Å². The quantitative estimate of drug-likeness (QED) is 0.164. The van der Waals surface area contributed by atoms with Crippen LogP contribution >= 0.6 is 0 Å². The zero-order valence-electron chi connectivity index (χ0n) is 37.1. The lowest BCUT2D eigenvalue weighted by Gasteiger charge is -2.45. The molecule has 0 radical (unpaired) electrons. The van der Waals surface area contributed by atoms with E-state index < -0.39 is 25.0 Å². The van der Waals surface area contributed by atoms with Crippen molar-refractivity contribution in [3.63, 3.8) is 0 Å². The molecule has 3 saturated carbocycles. The van der Waals surface area contributed by atoms with Gasteiger partial charge in [-0.1, -0.05) is 100 Å². The molecule has 3 nitrogen and oxygen atoms in total. The lowest BCUT2D eigenvalue weighted by molar-refractivity contribution is 0.0969. The Kier molecular flexibility index (Phi) is 13.5. The Morgan fingerprint density at radius 2 is 1.35 bits per heavy atom. The molecule has 0 saturated heterocycles. The highest BCUT2D eigenvalue weighted by molar-refractivity contribution is 6.75. The molecule has 3 aliphatic carbocycles. The van der Waals surface area contributed by atoms with Gasteiger partial charge in [0.2, 0.25) is 0 Å². The van der Waals surface area contributed by atoms with Crippen molar-refractivity contribution in [2.75, 3.05) is 0 Å². The molecule has 0 aromatic carbocycles. The fraction of sp³-hybridized carbons (Fsp3) is 0.800. The summed E-state index contributed by atoms with van der Waals surface area (Å²) < 4.78 is 21.0. The predicted octanol–water partition coefficient (Wildman–Crippen LogP) is 14.3. The lowest BCUT2D eigenvalue weighted by atomic mass is 9.61. The topological polar surface area (TPSA) is 27.7 Å². The second kappa shape index (κ2) is 15.4. The molecule has 0 aliphatic heterocycles. The summed E-state index contributed by atoms with van der Waals surface area (Å²) in [6, 6.07) is 0. The van der Waals surface area contributed by atoms with Crippen LogP contribution in [0.4, 0.5) is 0 Å². The van der Waals surface area contributed by atoms with Crippen LogP contribution < -0.4 is 0 Å². The van der Waals surface area contributed by atoms with E-state index in [-0.39, 0.29) is 32.9 Å². The van der Waals surface area contributed by atoms with Gasteiger partial charge in [-0.15, -0.1) is 5.73 Å². The molecule has 0 aromatic heterocycles. The second-order valence-corrected chi connectivity index (χ2v) is 36.4. The standard InChI is InChI=1S/C45H82O3Si3/c1-33(23-21-29-44(12,13)48-51(19,20)43(9,10)11)38-27-28-39-35(24-22-30-45(38,39)14)25-26-36-31-37(46-49(15,16)41(3,4)5)32-40(34(36)2)47-50(17,18)42(6,7)8/h23,25-26,29,33,37-40H,2,22,24,27-28,30-32H2,1,3-20H3/b35-25+,36-26-/t21?,33-,37-,38-,39+,40+,45-/m1/s1. The molecular weight excluding hydrogens is 673 g/mol. The maximum Gasteiger partial charge on any atom is 0.193 e. The van der Waals surface area contributed by atoms with E-state index in [0.29, 0.717) is 23.2 Å². The van der Waals surface area contributed by atoms with Crippen molar-refractivity contribution >= 4 is 25.0 Å². The average molecular weight is 755 g/mol. The van der Waals surface area contributed by atoms with Gasteiger partial charge in [-0.05, 0) is 153 Å². The summed E-state index contributed by atoms with van der Waals surface area (Å²) >= 11 is 0. The van der Waals surface area contributed by atoms with E-state index in [1.165, 1.54) is 43.3 Å². The zero-order chi connectivity index (χ0) is 39.2. The lowest BCUT2D eigenvalue weighted by Crippen LogP contribution is -2.49. The molecule has 6 atom stereocenters. The summed E-state index contributed by atoms with van der Waals surface area (Å²) in [5, 5.41) is 0.510. The molecule has 0 bridgehead atoms. The number of fused-ring (bicyclic) bond motifs is 1. The largest absolute Gasteiger partial charge is 0.413 e. The van der Waals surface area contributed by atoms with E-state index in [1.807, 2.05) is 0 Å². The fourth-order valence-electron chi connectivity index (χ4n) is 8.27. The Hall–Kier alpha value is -0.729. The highest BCUT2D eigenvalue weighted by atomic mass is 28.4. The minimum atomic E-state index is -1.99. The number of hydrogen-bond donors (Lipinski definition) is 0. The van der Waals surface area contributed by atoms with E-state index in [1.54, 1.807) is 5.57 Å². The summed E-state index contributed by atoms with van der Waals surface area (Å²) in [5.74, 6) is 1.79. The highest BCUT2D eigenvalue weighted by Crippen LogP contribution is 2.59. The molecule has 0 amide bonds. The van der Waals surface area contributed by atoms with Crippen LogP contribution in [0.3, 0.4) is 0 Å². The SMILES string of the molecule is C=C1/C(=C\C=C2/CCC[C@]3(C)[C@@H]([C@H](C)C=C=CC(C)(C)O[Si](C)(C)C(C)(C)C)CC[C@@H]23)C[C@@H](O[Si](C)(C)C(C)(C)C)C[C@@H]1O[Si](C)(C)C(C)(C)C. The number of allylic oxidation sites excluding steroid dienone is 3. The van der Waals surface area contributed by atoms with Crippen LogP contribution in [0, 0.1) is 23.2 Å². The van der Waals surface area contributed by atoms with Crippen LogP contribution in [0.5, 0.6) is 0 Å². The van der Waals surface area contributed by atoms with Crippen LogP contribution in [0.1, 0.15) is 135 Å². The third-order valence-corrected chi connectivity index (χ3v) is 28.2. The van der Waals surface area contributed by atoms with Crippen LogP contribution in [0.2, 0.25) is 54.4 Å². The van der Waals surface area contributed by atoms with Gasteiger partial charge in [0.25, 0.3) is 0 Å². The molecule has 292 valence electrons. The van der Waals surface area contributed by atoms with Gasteiger partial charge < -0.3 is 13.3 Å². The van der Waals surface area contributed by atoms with Crippen molar-refractivity contribution in [2.45, 2.75) is 207 Å². The summed E-state index contributed by atoms with van der Waals surface area (Å²) in [7, 11) is -5.80. The van der Waals surface area contributed by atoms with Crippen molar-refractivity contribution in [3.05, 3.63) is 53.3 Å². The molecule has 0 aromatic rings. The van der Waals surface area contributed by atoms with Gasteiger partial charge in [0.15, 0.2) is 25.0 Å². The first kappa shape index (κ1) is 44.7. The Balaban J connectivity index is 1.87. The van der Waals surface area contributed by atoms with Gasteiger partial charge in [0.05, 0.1) is 17.8 Å². The molecule has 0 N–H and O–H groups in total. The maximum absolute atomic E-state index is 7.12. The predicted molar refractivity (Wildman–Crippen MR) is 231 cm³/mol. The third kappa shape index (κ3) is 10.5. The van der Waals surface area contributed by atoms with Crippen molar-refractivity contribution in [1.29, 1.82) is 0 Å². The molecule has 6 heteroatoms. The van der Waals surface area contributed by atoms with E-state index in [2.05, 4.69) is 159 Å². The summed E-state index contributed by atoms with van der Waals surface area (Å²) in [6.45, 7) is 49.3. The van der Waals surface area contributed by atoms with Crippen molar-refractivity contribution < 1.29 is 13.3 Å². The van der Waals surface area contributed by atoms with Crippen LogP contribution in [-0.2, 0) is 13.3 Å². The van der Waals surface area contributed by atoms with Gasteiger partial charge in [-0.3, -0.25) is 0 Å². The molecular formula is C45H82O3Si3. The van der Waals surface area contributed by atoms with Gasteiger partial charge in [-0.2, -0.15) is 0 Å². The van der Waals surface area contributed by atoms with Crippen molar-refractivity contribution in [1.82, 2.24) is 0 Å². The molecule has 3 rings (SSSR count). The van der Waals surface area contributed by atoms with Gasteiger partial charge in [0.1, 0.15) is 0 Å². The van der Waals surface area contributed by atoms with Crippen LogP contribution in [0.15, 0.2) is 53.3 Å². The van der Waals surface area contributed by atoms with Crippen molar-refractivity contribution in [3.8, 4) is 0 Å². The Labute approximate surface area is 320 Å². The van der Waals surface area contributed by atoms with Crippen molar-refractivity contribution in [2.24, 2.45) is 23.2 Å². The van der Waals surface area contributed by atoms with E-state index in [0.717, 1.165) is 12.8 Å². The molecule has 51 heavy (non-hydrogen) atoms. The minimum absolute atomic E-state index is 0.0180. The van der Waals surface area contributed by atoms with E-state index in [4.69, 9.17) is 19.9 Å². The highest BCUT2D eigenvalue weighted by Gasteiger charge is 2.51. The first-order valence-corrected chi connectivity index (χ1v) is 29.1. The Bertz CT molecular complexity index is 1370. The zero-order valence-corrected chi connectivity index (χ0v) is 40.1. The first-order valence-electron chi connectivity index (χ1n) is 20.4. The second-order valence-electron chi connectivity index (χ2n) is 22.2. The average Bonchev–Trinajstić information content (AvgIpc) is 3.28.